The van der Waals surface area contributed by atoms with Gasteiger partial charge < -0.3 is 16.0 Å². The molecule has 1 saturated heterocycles. The molecular formula is C13H23N3OS. The Morgan fingerprint density at radius 2 is 2.06 bits per heavy atom. The van der Waals surface area contributed by atoms with E-state index in [4.69, 9.17) is 18.0 Å². The van der Waals surface area contributed by atoms with Crippen LogP contribution in [0.5, 0.6) is 0 Å². The number of hydrogen-bond acceptors (Lipinski definition) is 3. The number of likely N-dealkylation sites (tertiary alicyclic amines) is 1. The molecule has 0 spiro atoms. The van der Waals surface area contributed by atoms with E-state index in [1.807, 2.05) is 0 Å². The number of carbonyl (C=O) groups excluding carboxylic acids is 1. The van der Waals surface area contributed by atoms with Crippen LogP contribution in [-0.4, -0.2) is 41.5 Å². The molecule has 5 heteroatoms. The molecule has 18 heavy (non-hydrogen) atoms. The highest BCUT2D eigenvalue weighted by Gasteiger charge is 2.38. The van der Waals surface area contributed by atoms with Crippen LogP contribution >= 0.6 is 12.2 Å². The number of thiocarbonyl (C=S) groups is 1. The Hall–Kier alpha value is -0.680. The largest absolute Gasteiger partial charge is 0.391 e. The van der Waals surface area contributed by atoms with Gasteiger partial charge in [-0.05, 0) is 38.6 Å². The van der Waals surface area contributed by atoms with Crippen molar-refractivity contribution in [2.24, 2.45) is 11.7 Å². The molecule has 3 N–H and O–H groups in total. The molecule has 0 bridgehead atoms. The second kappa shape index (κ2) is 5.53. The number of nitrogens with zero attached hydrogens (tertiary/aromatic N) is 1. The van der Waals surface area contributed by atoms with E-state index in [1.54, 1.807) is 0 Å². The SMILES string of the molecule is CN1CCC(NC(=O)CC2CCC2)(C(N)=S)CC1. The third kappa shape index (κ3) is 3.01. The van der Waals surface area contributed by atoms with Crippen LogP contribution in [0, 0.1) is 5.92 Å². The standard InChI is InChI=1S/C13H23N3OS/c1-16-7-5-13(6-8-16,12(14)18)15-11(17)9-10-3-2-4-10/h10H,2-9H2,1H3,(H2,14,18)(H,15,17). The van der Waals surface area contributed by atoms with Crippen molar-refractivity contribution < 1.29 is 4.79 Å². The average Bonchev–Trinajstić information content (AvgIpc) is 2.27. The third-order valence-electron chi connectivity index (χ3n) is 4.39. The molecule has 102 valence electrons. The highest BCUT2D eigenvalue weighted by molar-refractivity contribution is 7.80. The van der Waals surface area contributed by atoms with Crippen LogP contribution in [0.15, 0.2) is 0 Å². The first-order chi connectivity index (χ1) is 8.52. The molecule has 1 saturated carbocycles. The minimum Gasteiger partial charge on any atom is -0.391 e. The fraction of sp³-hybridized carbons (Fsp3) is 0.846. The molecule has 0 aromatic rings. The number of carbonyl (C=O) groups is 1. The fourth-order valence-electron chi connectivity index (χ4n) is 2.71. The highest BCUT2D eigenvalue weighted by atomic mass is 32.1. The molecule has 2 fully saturated rings. The summed E-state index contributed by atoms with van der Waals surface area (Å²) in [5, 5.41) is 3.12. The lowest BCUT2D eigenvalue weighted by Crippen LogP contribution is -2.61. The van der Waals surface area contributed by atoms with Gasteiger partial charge in [0.1, 0.15) is 0 Å². The minimum atomic E-state index is -0.442. The summed E-state index contributed by atoms with van der Waals surface area (Å²) in [6.45, 7) is 1.86. The first-order valence-corrected chi connectivity index (χ1v) is 7.22. The highest BCUT2D eigenvalue weighted by Crippen LogP contribution is 2.30. The van der Waals surface area contributed by atoms with E-state index in [-0.39, 0.29) is 5.91 Å². The van der Waals surface area contributed by atoms with E-state index in [1.165, 1.54) is 19.3 Å². The Bertz CT molecular complexity index is 333. The topological polar surface area (TPSA) is 58.4 Å². The summed E-state index contributed by atoms with van der Waals surface area (Å²) in [4.78, 5) is 14.8. The molecule has 0 unspecified atom stereocenters. The van der Waals surface area contributed by atoms with E-state index in [2.05, 4.69) is 17.3 Å². The zero-order valence-corrected chi connectivity index (χ0v) is 11.9. The average molecular weight is 269 g/mol. The van der Waals surface area contributed by atoms with Gasteiger partial charge in [-0.15, -0.1) is 0 Å². The summed E-state index contributed by atoms with van der Waals surface area (Å²) in [6, 6.07) is 0. The number of rotatable bonds is 4. The second-order valence-corrected chi connectivity index (χ2v) is 6.24. The summed E-state index contributed by atoms with van der Waals surface area (Å²) >= 11 is 5.19. The fourth-order valence-corrected chi connectivity index (χ4v) is 2.97. The molecule has 1 heterocycles. The molecule has 1 aliphatic carbocycles. The normalized spacial score (nSPS) is 24.3. The van der Waals surface area contributed by atoms with Gasteiger partial charge in [-0.25, -0.2) is 0 Å². The Morgan fingerprint density at radius 3 is 2.50 bits per heavy atom. The summed E-state index contributed by atoms with van der Waals surface area (Å²) in [5.74, 6) is 0.705. The summed E-state index contributed by atoms with van der Waals surface area (Å²) in [7, 11) is 2.08. The van der Waals surface area contributed by atoms with E-state index < -0.39 is 5.54 Å². The van der Waals surface area contributed by atoms with Crippen LogP contribution < -0.4 is 11.1 Å². The van der Waals surface area contributed by atoms with E-state index in [9.17, 15) is 4.79 Å². The number of hydrogen-bond donors (Lipinski definition) is 2. The zero-order chi connectivity index (χ0) is 13.2. The van der Waals surface area contributed by atoms with E-state index >= 15 is 0 Å². The maximum Gasteiger partial charge on any atom is 0.221 e. The predicted molar refractivity (Wildman–Crippen MR) is 76.3 cm³/mol. The van der Waals surface area contributed by atoms with Gasteiger partial charge in [0.05, 0.1) is 10.5 Å². The van der Waals surface area contributed by atoms with Crippen molar-refractivity contribution >= 4 is 23.1 Å². The van der Waals surface area contributed by atoms with Crippen LogP contribution in [0.25, 0.3) is 0 Å². The van der Waals surface area contributed by atoms with E-state index in [0.29, 0.717) is 17.3 Å². The van der Waals surface area contributed by atoms with Crippen LogP contribution in [0.3, 0.4) is 0 Å². The lowest BCUT2D eigenvalue weighted by atomic mass is 9.82. The first-order valence-electron chi connectivity index (χ1n) is 6.81. The number of nitrogens with one attached hydrogen (secondary N) is 1. The van der Waals surface area contributed by atoms with Gasteiger partial charge in [0, 0.05) is 19.5 Å². The molecule has 1 aliphatic heterocycles. The maximum absolute atomic E-state index is 12.1. The van der Waals surface area contributed by atoms with Gasteiger partial charge in [-0.1, -0.05) is 18.6 Å². The van der Waals surface area contributed by atoms with Crippen molar-refractivity contribution in [2.75, 3.05) is 20.1 Å². The molecule has 0 aromatic carbocycles. The molecule has 0 aromatic heterocycles. The van der Waals surface area contributed by atoms with Gasteiger partial charge in [0.25, 0.3) is 0 Å². The molecule has 4 nitrogen and oxygen atoms in total. The van der Waals surface area contributed by atoms with Gasteiger partial charge >= 0.3 is 0 Å². The van der Waals surface area contributed by atoms with Crippen molar-refractivity contribution in [3.05, 3.63) is 0 Å². The van der Waals surface area contributed by atoms with Crippen LogP contribution in [0.4, 0.5) is 0 Å². The Labute approximate surface area is 114 Å². The summed E-state index contributed by atoms with van der Waals surface area (Å²) in [6.07, 6.45) is 5.94. The predicted octanol–water partition coefficient (Wildman–Crippen LogP) is 1.04. The lowest BCUT2D eigenvalue weighted by Gasteiger charge is -2.41. The minimum absolute atomic E-state index is 0.122. The molecule has 1 amide bonds. The molecule has 2 rings (SSSR count). The first kappa shape index (κ1) is 13.7. The quantitative estimate of drug-likeness (QED) is 0.749. The van der Waals surface area contributed by atoms with Crippen molar-refractivity contribution in [3.8, 4) is 0 Å². The molecule has 0 atom stereocenters. The van der Waals surface area contributed by atoms with Crippen molar-refractivity contribution in [1.29, 1.82) is 0 Å². The van der Waals surface area contributed by atoms with E-state index in [0.717, 1.165) is 25.9 Å². The molecule has 0 radical (unpaired) electrons. The summed E-state index contributed by atoms with van der Waals surface area (Å²) in [5.41, 5.74) is 5.43. The van der Waals surface area contributed by atoms with Gasteiger partial charge in [0.15, 0.2) is 0 Å². The second-order valence-electron chi connectivity index (χ2n) is 5.80. The van der Waals surface area contributed by atoms with Gasteiger partial charge in [-0.2, -0.15) is 0 Å². The Kier molecular flexibility index (Phi) is 4.22. The van der Waals surface area contributed by atoms with Gasteiger partial charge in [0.2, 0.25) is 5.91 Å². The monoisotopic (exact) mass is 269 g/mol. The summed E-state index contributed by atoms with van der Waals surface area (Å²) < 4.78 is 0. The molecule has 2 aliphatic rings. The van der Waals surface area contributed by atoms with Crippen molar-refractivity contribution in [3.63, 3.8) is 0 Å². The number of nitrogens with two attached hydrogens (primary N) is 1. The molecular weight excluding hydrogens is 246 g/mol. The number of piperidine rings is 1. The number of amides is 1. The van der Waals surface area contributed by atoms with Crippen LogP contribution in [0.1, 0.15) is 38.5 Å². The van der Waals surface area contributed by atoms with Crippen molar-refractivity contribution in [2.45, 2.75) is 44.1 Å². The van der Waals surface area contributed by atoms with Crippen LogP contribution in [0.2, 0.25) is 0 Å². The third-order valence-corrected chi connectivity index (χ3v) is 4.78. The maximum atomic E-state index is 12.1. The smallest absolute Gasteiger partial charge is 0.221 e. The Morgan fingerprint density at radius 1 is 1.44 bits per heavy atom. The Balaban J connectivity index is 1.92. The van der Waals surface area contributed by atoms with Crippen molar-refractivity contribution in [1.82, 2.24) is 10.2 Å². The van der Waals surface area contributed by atoms with Gasteiger partial charge in [-0.3, -0.25) is 4.79 Å². The van der Waals surface area contributed by atoms with Crippen LogP contribution in [-0.2, 0) is 4.79 Å². The zero-order valence-electron chi connectivity index (χ0n) is 11.1. The lowest BCUT2D eigenvalue weighted by molar-refractivity contribution is -0.124.